The number of hydrogen-bond donors (Lipinski definition) is 1. The number of rotatable bonds is 6. The van der Waals surface area contributed by atoms with Crippen LogP contribution in [0.15, 0.2) is 29.2 Å². The molecule has 2 aliphatic rings. The van der Waals surface area contributed by atoms with E-state index in [0.717, 1.165) is 24.8 Å². The second kappa shape index (κ2) is 10.5. The van der Waals surface area contributed by atoms with Gasteiger partial charge in [0.2, 0.25) is 15.9 Å². The van der Waals surface area contributed by atoms with Crippen LogP contribution in [0.5, 0.6) is 5.75 Å². The van der Waals surface area contributed by atoms with Crippen LogP contribution in [0.3, 0.4) is 0 Å². The number of nitrogens with zero attached hydrogens (tertiary/aromatic N) is 3. The smallest absolute Gasteiger partial charge is 0.243 e. The summed E-state index contributed by atoms with van der Waals surface area (Å²) in [5.41, 5.74) is 1.91. The zero-order valence-corrected chi connectivity index (χ0v) is 23.0. The molecule has 0 radical (unpaired) electrons. The van der Waals surface area contributed by atoms with E-state index >= 15 is 0 Å². The number of thiophene rings is 1. The van der Waals surface area contributed by atoms with Gasteiger partial charge in [-0.3, -0.25) is 9.69 Å². The molecule has 8 nitrogen and oxygen atoms in total. The molecule has 1 amide bonds. The maximum atomic E-state index is 13.0. The van der Waals surface area contributed by atoms with E-state index in [9.17, 15) is 18.5 Å². The summed E-state index contributed by atoms with van der Waals surface area (Å²) >= 11 is 1.53. The molecule has 2 aromatic rings. The minimum atomic E-state index is -3.60. The average molecular weight is 531 g/mol. The molecule has 2 heterocycles. The monoisotopic (exact) mass is 530 g/mol. The normalized spacial score (nSPS) is 19.4. The van der Waals surface area contributed by atoms with Gasteiger partial charge < -0.3 is 10.1 Å². The Balaban J connectivity index is 1.35. The van der Waals surface area contributed by atoms with Crippen LogP contribution in [0.2, 0.25) is 0 Å². The zero-order valence-electron chi connectivity index (χ0n) is 21.3. The highest BCUT2D eigenvalue weighted by Crippen LogP contribution is 2.44. The van der Waals surface area contributed by atoms with Gasteiger partial charge in [-0.2, -0.15) is 9.57 Å². The third-order valence-corrected chi connectivity index (χ3v) is 10.3. The van der Waals surface area contributed by atoms with Crippen molar-refractivity contribution in [3.63, 3.8) is 0 Å². The van der Waals surface area contributed by atoms with Crippen molar-refractivity contribution in [2.24, 2.45) is 11.3 Å². The lowest BCUT2D eigenvalue weighted by atomic mass is 9.72. The minimum absolute atomic E-state index is 0.161. The molecule has 1 fully saturated rings. The van der Waals surface area contributed by atoms with Crippen LogP contribution in [0.25, 0.3) is 0 Å². The largest absolute Gasteiger partial charge is 0.497 e. The lowest BCUT2D eigenvalue weighted by Gasteiger charge is -2.33. The molecule has 194 valence electrons. The van der Waals surface area contributed by atoms with E-state index in [4.69, 9.17) is 4.74 Å². The van der Waals surface area contributed by atoms with E-state index < -0.39 is 10.0 Å². The Morgan fingerprint density at radius 3 is 2.44 bits per heavy atom. The number of carbonyl (C=O) groups is 1. The summed E-state index contributed by atoms with van der Waals surface area (Å²) in [4.78, 5) is 16.2. The Hall–Kier alpha value is -2.45. The van der Waals surface area contributed by atoms with E-state index in [1.807, 2.05) is 4.90 Å². The molecule has 1 unspecified atom stereocenters. The Labute approximate surface area is 217 Å². The molecule has 1 N–H and O–H groups in total. The first-order valence-corrected chi connectivity index (χ1v) is 14.5. The summed E-state index contributed by atoms with van der Waals surface area (Å²) in [6.45, 7) is 8.47. The van der Waals surface area contributed by atoms with Crippen molar-refractivity contribution in [2.45, 2.75) is 44.9 Å². The lowest BCUT2D eigenvalue weighted by molar-refractivity contribution is -0.117. The van der Waals surface area contributed by atoms with Gasteiger partial charge in [0.1, 0.15) is 16.8 Å². The maximum Gasteiger partial charge on any atom is 0.243 e. The van der Waals surface area contributed by atoms with Crippen LogP contribution < -0.4 is 10.1 Å². The predicted molar refractivity (Wildman–Crippen MR) is 141 cm³/mol. The molecule has 0 saturated carbocycles. The fourth-order valence-corrected chi connectivity index (χ4v) is 7.64. The summed E-state index contributed by atoms with van der Waals surface area (Å²) in [6.07, 6.45) is 2.87. The predicted octanol–water partition coefficient (Wildman–Crippen LogP) is 3.72. The molecule has 1 aliphatic heterocycles. The fourth-order valence-electron chi connectivity index (χ4n) is 4.93. The van der Waals surface area contributed by atoms with E-state index in [2.05, 4.69) is 32.2 Å². The number of nitriles is 1. The molecule has 1 saturated heterocycles. The van der Waals surface area contributed by atoms with Gasteiger partial charge in [-0.1, -0.05) is 20.8 Å². The summed E-state index contributed by atoms with van der Waals surface area (Å²) < 4.78 is 32.5. The van der Waals surface area contributed by atoms with Crippen LogP contribution in [0.4, 0.5) is 5.00 Å². The number of fused-ring (bicyclic) bond motifs is 1. The highest BCUT2D eigenvalue weighted by molar-refractivity contribution is 7.89. The minimum Gasteiger partial charge on any atom is -0.497 e. The topological polar surface area (TPSA) is 103 Å². The van der Waals surface area contributed by atoms with E-state index in [0.29, 0.717) is 48.4 Å². The van der Waals surface area contributed by atoms with Crippen molar-refractivity contribution in [1.29, 1.82) is 5.26 Å². The van der Waals surface area contributed by atoms with E-state index in [1.54, 1.807) is 24.3 Å². The zero-order chi connectivity index (χ0) is 26.1. The number of carbonyl (C=O) groups excluding carboxylic acids is 1. The van der Waals surface area contributed by atoms with Crippen LogP contribution in [0.1, 0.15) is 43.2 Å². The summed E-state index contributed by atoms with van der Waals surface area (Å²) in [5, 5.41) is 13.4. The highest BCUT2D eigenvalue weighted by Gasteiger charge is 2.33. The number of anilines is 1. The van der Waals surface area contributed by atoms with Gasteiger partial charge in [-0.05, 0) is 60.4 Å². The van der Waals surface area contributed by atoms with Crippen LogP contribution in [-0.4, -0.2) is 63.4 Å². The van der Waals surface area contributed by atoms with Gasteiger partial charge in [0.25, 0.3) is 0 Å². The van der Waals surface area contributed by atoms with Crippen molar-refractivity contribution < 1.29 is 17.9 Å². The number of piperazine rings is 1. The molecule has 36 heavy (non-hydrogen) atoms. The van der Waals surface area contributed by atoms with Gasteiger partial charge in [-0.25, -0.2) is 8.42 Å². The Bertz CT molecular complexity index is 1250. The van der Waals surface area contributed by atoms with Gasteiger partial charge in [0.15, 0.2) is 0 Å². The number of sulfonamides is 1. The molecule has 1 aromatic carbocycles. The quantitative estimate of drug-likeness (QED) is 0.611. The first-order chi connectivity index (χ1) is 17.0. The number of amides is 1. The number of ether oxygens (including phenoxy) is 1. The molecule has 1 aromatic heterocycles. The second-order valence-corrected chi connectivity index (χ2v) is 13.6. The molecular formula is C26H34N4O4S2. The molecular weight excluding hydrogens is 496 g/mol. The SMILES string of the molecule is COc1ccc(S(=O)(=O)N2CCN(CC(=O)Nc3sc4c(c3C#N)CCC(C(C)(C)C)C4)CC2)cc1. The summed E-state index contributed by atoms with van der Waals surface area (Å²) in [5.74, 6) is 0.984. The van der Waals surface area contributed by atoms with Crippen molar-refractivity contribution in [2.75, 3.05) is 45.2 Å². The standard InChI is InChI=1S/C26H34N4O4S2/c1-26(2,3)18-5-10-21-22(16-27)25(35-23(21)15-18)28-24(31)17-29-11-13-30(14-12-29)36(32,33)20-8-6-19(34-4)7-9-20/h6-9,18H,5,10-15,17H2,1-4H3,(H,28,31). The number of hydrogen-bond acceptors (Lipinski definition) is 7. The van der Waals surface area contributed by atoms with Crippen molar-refractivity contribution in [1.82, 2.24) is 9.21 Å². The Morgan fingerprint density at radius 2 is 1.86 bits per heavy atom. The van der Waals surface area contributed by atoms with Crippen LogP contribution >= 0.6 is 11.3 Å². The van der Waals surface area contributed by atoms with Gasteiger partial charge in [0, 0.05) is 31.1 Å². The number of nitrogens with one attached hydrogen (secondary N) is 1. The number of benzene rings is 1. The molecule has 0 spiro atoms. The molecule has 10 heteroatoms. The number of methoxy groups -OCH3 is 1. The third kappa shape index (κ3) is 5.59. The van der Waals surface area contributed by atoms with E-state index in [1.165, 1.54) is 27.6 Å². The highest BCUT2D eigenvalue weighted by atomic mass is 32.2. The lowest BCUT2D eigenvalue weighted by Crippen LogP contribution is -2.50. The van der Waals surface area contributed by atoms with Gasteiger partial charge in [-0.15, -0.1) is 11.3 Å². The van der Waals surface area contributed by atoms with E-state index in [-0.39, 0.29) is 22.8 Å². The Kier molecular flexibility index (Phi) is 7.76. The third-order valence-electron chi connectivity index (χ3n) is 7.25. The fraction of sp³-hybridized carbons (Fsp3) is 0.538. The van der Waals surface area contributed by atoms with Crippen LogP contribution in [0, 0.1) is 22.7 Å². The molecule has 4 rings (SSSR count). The first-order valence-electron chi connectivity index (χ1n) is 12.2. The first kappa shape index (κ1) is 26.6. The molecule has 1 aliphatic carbocycles. The van der Waals surface area contributed by atoms with Gasteiger partial charge >= 0.3 is 0 Å². The van der Waals surface area contributed by atoms with Crippen LogP contribution in [-0.2, 0) is 27.7 Å². The molecule has 0 bridgehead atoms. The van der Waals surface area contributed by atoms with Gasteiger partial charge in [0.05, 0.1) is 24.1 Å². The van der Waals surface area contributed by atoms with Crippen molar-refractivity contribution in [3.8, 4) is 11.8 Å². The maximum absolute atomic E-state index is 13.0. The second-order valence-electron chi connectivity index (χ2n) is 10.5. The summed E-state index contributed by atoms with van der Waals surface area (Å²) in [6, 6.07) is 8.67. The average Bonchev–Trinajstić information content (AvgIpc) is 3.19. The van der Waals surface area contributed by atoms with Crippen molar-refractivity contribution in [3.05, 3.63) is 40.3 Å². The summed E-state index contributed by atoms with van der Waals surface area (Å²) in [7, 11) is -2.06. The Morgan fingerprint density at radius 1 is 1.19 bits per heavy atom. The molecule has 1 atom stereocenters. The van der Waals surface area contributed by atoms with Crippen molar-refractivity contribution >= 4 is 32.3 Å².